The monoisotopic (exact) mass is 269 g/mol. The highest BCUT2D eigenvalue weighted by atomic mass is 16.5. The molecule has 0 saturated carbocycles. The molecule has 4 nitrogen and oxygen atoms in total. The number of esters is 1. The van der Waals surface area contributed by atoms with Crippen molar-refractivity contribution in [3.8, 4) is 5.75 Å². The van der Waals surface area contributed by atoms with Gasteiger partial charge in [-0.05, 0) is 24.6 Å². The zero-order valence-electron chi connectivity index (χ0n) is 11.3. The fourth-order valence-electron chi connectivity index (χ4n) is 1.93. The third kappa shape index (κ3) is 3.03. The third-order valence-corrected chi connectivity index (χ3v) is 2.79. The van der Waals surface area contributed by atoms with Gasteiger partial charge < -0.3 is 9.94 Å². The summed E-state index contributed by atoms with van der Waals surface area (Å²) in [5.74, 6) is -0.0312. The Bertz CT molecular complexity index is 648. The van der Waals surface area contributed by atoms with E-state index >= 15 is 0 Å². The molecule has 0 aliphatic rings. The Kier molecular flexibility index (Phi) is 4.15. The first kappa shape index (κ1) is 13.8. The standard InChI is InChI=1S/C16H15NO3/c1-11-8-9-14(15(10-11)20-12(2)18)16(17-19)13-6-4-3-5-7-13/h3-10,19H,1-2H3/b17-16+. The number of carbonyl (C=O) groups excluding carboxylic acids is 1. The Morgan fingerprint density at radius 1 is 1.15 bits per heavy atom. The quantitative estimate of drug-likeness (QED) is 0.306. The van der Waals surface area contributed by atoms with Crippen molar-refractivity contribution < 1.29 is 14.7 Å². The van der Waals surface area contributed by atoms with Gasteiger partial charge >= 0.3 is 5.97 Å². The maximum Gasteiger partial charge on any atom is 0.308 e. The summed E-state index contributed by atoms with van der Waals surface area (Å²) in [6.07, 6.45) is 0. The van der Waals surface area contributed by atoms with Crippen LogP contribution < -0.4 is 4.74 Å². The van der Waals surface area contributed by atoms with Gasteiger partial charge in [-0.2, -0.15) is 0 Å². The van der Waals surface area contributed by atoms with Crippen LogP contribution in [0.5, 0.6) is 5.75 Å². The summed E-state index contributed by atoms with van der Waals surface area (Å²) in [7, 11) is 0. The number of oxime groups is 1. The number of rotatable bonds is 3. The van der Waals surface area contributed by atoms with Crippen molar-refractivity contribution >= 4 is 11.7 Å². The molecule has 0 atom stereocenters. The van der Waals surface area contributed by atoms with Gasteiger partial charge in [0, 0.05) is 18.1 Å². The van der Waals surface area contributed by atoms with E-state index in [1.807, 2.05) is 43.3 Å². The third-order valence-electron chi connectivity index (χ3n) is 2.79. The molecule has 0 amide bonds. The molecule has 1 N–H and O–H groups in total. The SMILES string of the molecule is CC(=O)Oc1cc(C)ccc1/C(=N/O)c1ccccc1. The van der Waals surface area contributed by atoms with Gasteiger partial charge in [-0.3, -0.25) is 4.79 Å². The lowest BCUT2D eigenvalue weighted by Crippen LogP contribution is -2.10. The smallest absolute Gasteiger partial charge is 0.308 e. The molecule has 4 heteroatoms. The average molecular weight is 269 g/mol. The van der Waals surface area contributed by atoms with E-state index in [0.717, 1.165) is 11.1 Å². The lowest BCUT2D eigenvalue weighted by Gasteiger charge is -2.11. The number of benzene rings is 2. The van der Waals surface area contributed by atoms with Crippen LogP contribution in [0, 0.1) is 6.92 Å². The van der Waals surface area contributed by atoms with Gasteiger partial charge in [0.05, 0.1) is 0 Å². The highest BCUT2D eigenvalue weighted by molar-refractivity contribution is 6.14. The van der Waals surface area contributed by atoms with Crippen LogP contribution in [0.3, 0.4) is 0 Å². The summed E-state index contributed by atoms with van der Waals surface area (Å²) in [6, 6.07) is 14.6. The molecular formula is C16H15NO3. The molecule has 0 unspecified atom stereocenters. The number of ether oxygens (including phenoxy) is 1. The second kappa shape index (κ2) is 6.02. The fraction of sp³-hybridized carbons (Fsp3) is 0.125. The molecule has 2 rings (SSSR count). The van der Waals surface area contributed by atoms with Gasteiger partial charge in [-0.15, -0.1) is 0 Å². The van der Waals surface area contributed by atoms with Crippen LogP contribution in [0.25, 0.3) is 0 Å². The maximum absolute atomic E-state index is 11.2. The van der Waals surface area contributed by atoms with Crippen LogP contribution in [-0.4, -0.2) is 16.9 Å². The van der Waals surface area contributed by atoms with Crippen LogP contribution in [0.4, 0.5) is 0 Å². The predicted molar refractivity (Wildman–Crippen MR) is 76.4 cm³/mol. The molecule has 0 saturated heterocycles. The predicted octanol–water partition coefficient (Wildman–Crippen LogP) is 3.15. The van der Waals surface area contributed by atoms with Gasteiger partial charge in [0.15, 0.2) is 0 Å². The van der Waals surface area contributed by atoms with Crippen LogP contribution >= 0.6 is 0 Å². The van der Waals surface area contributed by atoms with Crippen molar-refractivity contribution in [3.63, 3.8) is 0 Å². The fourth-order valence-corrected chi connectivity index (χ4v) is 1.93. The second-order valence-electron chi connectivity index (χ2n) is 4.41. The van der Waals surface area contributed by atoms with Gasteiger partial charge in [0.25, 0.3) is 0 Å². The van der Waals surface area contributed by atoms with E-state index in [2.05, 4.69) is 5.16 Å². The molecule has 0 aromatic heterocycles. The molecular weight excluding hydrogens is 254 g/mol. The number of nitrogens with zero attached hydrogens (tertiary/aromatic N) is 1. The minimum absolute atomic E-state index is 0.363. The molecule has 0 aliphatic carbocycles. The molecule has 2 aromatic carbocycles. The summed E-state index contributed by atoms with van der Waals surface area (Å²) in [5.41, 5.74) is 2.63. The lowest BCUT2D eigenvalue weighted by molar-refractivity contribution is -0.131. The van der Waals surface area contributed by atoms with Crippen molar-refractivity contribution in [2.24, 2.45) is 5.16 Å². The molecule has 0 radical (unpaired) electrons. The van der Waals surface area contributed by atoms with Gasteiger partial charge in [-0.25, -0.2) is 0 Å². The molecule has 0 spiro atoms. The van der Waals surface area contributed by atoms with Crippen LogP contribution in [0.1, 0.15) is 23.6 Å². The van der Waals surface area contributed by atoms with E-state index in [1.165, 1.54) is 6.92 Å². The molecule has 20 heavy (non-hydrogen) atoms. The summed E-state index contributed by atoms with van der Waals surface area (Å²) in [5, 5.41) is 12.7. The zero-order chi connectivity index (χ0) is 14.5. The largest absolute Gasteiger partial charge is 0.426 e. The highest BCUT2D eigenvalue weighted by Crippen LogP contribution is 2.24. The van der Waals surface area contributed by atoms with E-state index in [0.29, 0.717) is 17.0 Å². The summed E-state index contributed by atoms with van der Waals surface area (Å²) < 4.78 is 5.20. The number of carbonyl (C=O) groups is 1. The van der Waals surface area contributed by atoms with Crippen LogP contribution in [-0.2, 0) is 4.79 Å². The van der Waals surface area contributed by atoms with Gasteiger partial charge in [-0.1, -0.05) is 41.6 Å². The molecule has 0 fully saturated rings. The first-order valence-electron chi connectivity index (χ1n) is 6.18. The summed E-state index contributed by atoms with van der Waals surface area (Å²) >= 11 is 0. The van der Waals surface area contributed by atoms with E-state index in [4.69, 9.17) is 4.74 Å². The molecule has 102 valence electrons. The second-order valence-corrected chi connectivity index (χ2v) is 4.41. The first-order chi connectivity index (χ1) is 9.61. The van der Waals surface area contributed by atoms with Gasteiger partial charge in [0.1, 0.15) is 11.5 Å². The normalized spacial score (nSPS) is 11.2. The maximum atomic E-state index is 11.2. The number of hydrogen-bond donors (Lipinski definition) is 1. The van der Waals surface area contributed by atoms with E-state index < -0.39 is 5.97 Å². The first-order valence-corrected chi connectivity index (χ1v) is 6.18. The van der Waals surface area contributed by atoms with Crippen molar-refractivity contribution in [1.29, 1.82) is 0 Å². The number of aryl methyl sites for hydroxylation is 1. The molecule has 0 bridgehead atoms. The molecule has 0 heterocycles. The highest BCUT2D eigenvalue weighted by Gasteiger charge is 2.15. The van der Waals surface area contributed by atoms with E-state index in [-0.39, 0.29) is 0 Å². The Hall–Kier alpha value is -2.62. The summed E-state index contributed by atoms with van der Waals surface area (Å²) in [6.45, 7) is 3.24. The lowest BCUT2D eigenvalue weighted by atomic mass is 10.0. The molecule has 0 aliphatic heterocycles. The van der Waals surface area contributed by atoms with E-state index in [9.17, 15) is 10.0 Å². The minimum atomic E-state index is -0.415. The minimum Gasteiger partial charge on any atom is -0.426 e. The van der Waals surface area contributed by atoms with E-state index in [1.54, 1.807) is 12.1 Å². The average Bonchev–Trinajstić information content (AvgIpc) is 2.42. The van der Waals surface area contributed by atoms with Crippen molar-refractivity contribution in [2.45, 2.75) is 13.8 Å². The topological polar surface area (TPSA) is 58.9 Å². The Balaban J connectivity index is 2.53. The number of hydrogen-bond acceptors (Lipinski definition) is 4. The Morgan fingerprint density at radius 3 is 2.45 bits per heavy atom. The zero-order valence-corrected chi connectivity index (χ0v) is 11.3. The van der Waals surface area contributed by atoms with Gasteiger partial charge in [0.2, 0.25) is 0 Å². The Labute approximate surface area is 117 Å². The van der Waals surface area contributed by atoms with Crippen molar-refractivity contribution in [2.75, 3.05) is 0 Å². The van der Waals surface area contributed by atoms with Crippen molar-refractivity contribution in [3.05, 3.63) is 65.2 Å². The van der Waals surface area contributed by atoms with Crippen molar-refractivity contribution in [1.82, 2.24) is 0 Å². The Morgan fingerprint density at radius 2 is 1.85 bits per heavy atom. The van der Waals surface area contributed by atoms with Crippen LogP contribution in [0.2, 0.25) is 0 Å². The van der Waals surface area contributed by atoms with Crippen LogP contribution in [0.15, 0.2) is 53.7 Å². The summed E-state index contributed by atoms with van der Waals surface area (Å²) in [4.78, 5) is 11.2. The molecule has 2 aromatic rings.